The first-order valence-electron chi connectivity index (χ1n) is 14.0. The van der Waals surface area contributed by atoms with Crippen molar-refractivity contribution >= 4 is 19.7 Å². The van der Waals surface area contributed by atoms with Gasteiger partial charge in [-0.15, -0.1) is 10.2 Å². The first-order chi connectivity index (χ1) is 20.0. The first kappa shape index (κ1) is 29.8. The number of hydrogen-bond donors (Lipinski definition) is 2. The monoisotopic (exact) mass is 597 g/mol. The average molecular weight is 598 g/mol. The predicted octanol–water partition coefficient (Wildman–Crippen LogP) is 5.62. The lowest BCUT2D eigenvalue weighted by Crippen LogP contribution is -2.39. The number of anilines is 2. The molecule has 0 bridgehead atoms. The van der Waals surface area contributed by atoms with Crippen molar-refractivity contribution in [3.05, 3.63) is 54.5 Å². The summed E-state index contributed by atoms with van der Waals surface area (Å²) in [7, 11) is 0.485. The molecule has 0 unspecified atom stereocenters. The molecule has 0 aliphatic heterocycles. The summed E-state index contributed by atoms with van der Waals surface area (Å²) < 4.78 is 44.0. The second-order valence-electron chi connectivity index (χ2n) is 12.1. The van der Waals surface area contributed by atoms with Crippen LogP contribution in [0.2, 0.25) is 25.7 Å². The van der Waals surface area contributed by atoms with Crippen molar-refractivity contribution in [3.8, 4) is 28.4 Å². The van der Waals surface area contributed by atoms with Crippen molar-refractivity contribution in [2.45, 2.75) is 51.7 Å². The van der Waals surface area contributed by atoms with E-state index in [0.717, 1.165) is 25.3 Å². The summed E-state index contributed by atoms with van der Waals surface area (Å²) in [4.78, 5) is 8.88. The highest BCUT2D eigenvalue weighted by molar-refractivity contribution is 6.76. The van der Waals surface area contributed by atoms with Crippen LogP contribution in [0.25, 0.3) is 22.5 Å². The molecule has 0 atom stereocenters. The smallest absolute Gasteiger partial charge is 0.240 e. The molecule has 10 nitrogen and oxygen atoms in total. The molecule has 3 heterocycles. The molecule has 1 aliphatic carbocycles. The van der Waals surface area contributed by atoms with Gasteiger partial charge < -0.3 is 19.9 Å². The zero-order valence-corrected chi connectivity index (χ0v) is 25.4. The fourth-order valence-corrected chi connectivity index (χ4v) is 5.34. The Balaban J connectivity index is 1.21. The molecule has 13 heteroatoms. The summed E-state index contributed by atoms with van der Waals surface area (Å²) in [6.45, 7) is 7.99. The van der Waals surface area contributed by atoms with Crippen LogP contribution in [-0.2, 0) is 18.5 Å². The number of rotatable bonds is 13. The van der Waals surface area contributed by atoms with Crippen molar-refractivity contribution in [1.82, 2.24) is 29.5 Å². The molecule has 1 fully saturated rings. The van der Waals surface area contributed by atoms with E-state index in [1.807, 2.05) is 6.07 Å². The number of aliphatic hydroxyl groups is 1. The highest BCUT2D eigenvalue weighted by Crippen LogP contribution is 2.40. The van der Waals surface area contributed by atoms with Crippen molar-refractivity contribution in [3.63, 3.8) is 0 Å². The molecule has 3 aromatic heterocycles. The van der Waals surface area contributed by atoms with Gasteiger partial charge in [-0.05, 0) is 43.2 Å². The number of nitrogens with one attached hydrogen (secondary N) is 1. The van der Waals surface area contributed by atoms with E-state index in [-0.39, 0.29) is 29.9 Å². The van der Waals surface area contributed by atoms with Crippen LogP contribution in [0.4, 0.5) is 20.4 Å². The average Bonchev–Trinajstić information content (AvgIpc) is 3.48. The van der Waals surface area contributed by atoms with Crippen molar-refractivity contribution in [2.75, 3.05) is 25.1 Å². The maximum atomic E-state index is 15.1. The summed E-state index contributed by atoms with van der Waals surface area (Å²) in [5, 5.41) is 21.0. The van der Waals surface area contributed by atoms with E-state index in [2.05, 4.69) is 45.1 Å². The molecular formula is C29H37F2N7O3Si. The molecule has 0 spiro atoms. The van der Waals surface area contributed by atoms with Crippen molar-refractivity contribution in [1.29, 1.82) is 0 Å². The zero-order chi connectivity index (χ0) is 29.9. The van der Waals surface area contributed by atoms with E-state index in [1.165, 1.54) is 23.0 Å². The van der Waals surface area contributed by atoms with E-state index in [0.29, 0.717) is 42.1 Å². The van der Waals surface area contributed by atoms with Gasteiger partial charge in [0.15, 0.2) is 5.82 Å². The summed E-state index contributed by atoms with van der Waals surface area (Å²) >= 11 is 0. The van der Waals surface area contributed by atoms with Gasteiger partial charge >= 0.3 is 0 Å². The second kappa shape index (κ2) is 12.3. The van der Waals surface area contributed by atoms with Gasteiger partial charge in [-0.25, -0.2) is 18.7 Å². The number of aryl methyl sites for hydroxylation is 1. The maximum absolute atomic E-state index is 15.1. The highest BCUT2D eigenvalue weighted by Gasteiger charge is 2.37. The van der Waals surface area contributed by atoms with Gasteiger partial charge in [0.05, 0.1) is 18.8 Å². The van der Waals surface area contributed by atoms with E-state index < -0.39 is 19.8 Å². The van der Waals surface area contributed by atoms with Crippen LogP contribution in [0, 0.1) is 17.2 Å². The number of aliphatic hydroxyl groups excluding tert-OH is 1. The van der Waals surface area contributed by atoms with E-state index in [4.69, 9.17) is 9.47 Å². The third-order valence-corrected chi connectivity index (χ3v) is 9.19. The maximum Gasteiger partial charge on any atom is 0.240 e. The van der Waals surface area contributed by atoms with Crippen LogP contribution >= 0.6 is 0 Å². The molecule has 0 amide bonds. The number of aromatic nitrogens is 6. The van der Waals surface area contributed by atoms with Crippen LogP contribution < -0.4 is 10.1 Å². The topological polar surface area (TPSA) is 112 Å². The van der Waals surface area contributed by atoms with Gasteiger partial charge in [0.2, 0.25) is 17.8 Å². The molecule has 2 N–H and O–H groups in total. The molecule has 5 rings (SSSR count). The fraction of sp³-hybridized carbons (Fsp3) is 0.448. The summed E-state index contributed by atoms with van der Waals surface area (Å²) in [6.07, 6.45) is 6.09. The Labute approximate surface area is 244 Å². The van der Waals surface area contributed by atoms with Crippen LogP contribution in [0.3, 0.4) is 0 Å². The fourth-order valence-electron chi connectivity index (χ4n) is 4.59. The molecule has 42 heavy (non-hydrogen) atoms. The predicted molar refractivity (Wildman–Crippen MR) is 158 cm³/mol. The number of nitrogens with zero attached hydrogens (tertiary/aromatic N) is 6. The molecule has 1 aliphatic rings. The standard InChI is InChI=1S/C29H37F2N7O3Si/c1-37-28(34-27(36-37)20-6-9-25(32-15-20)41-18-29(17-39)10-5-11-29)33-21-7-8-22(24(30)14-21)23-16-38(35-26(23)31)19-40-12-13-42(2,3)4/h6-9,14-16,39H,5,10-13,17-19H2,1-4H3,(H,33,34,36). The molecule has 224 valence electrons. The van der Waals surface area contributed by atoms with Crippen LogP contribution in [0.15, 0.2) is 42.7 Å². The highest BCUT2D eigenvalue weighted by atomic mass is 28.3. The Morgan fingerprint density at radius 3 is 2.55 bits per heavy atom. The van der Waals surface area contributed by atoms with Crippen molar-refractivity contribution < 1.29 is 23.4 Å². The lowest BCUT2D eigenvalue weighted by molar-refractivity contribution is -0.00126. The van der Waals surface area contributed by atoms with Gasteiger partial charge in [0, 0.05) is 62.4 Å². The van der Waals surface area contributed by atoms with Gasteiger partial charge in [-0.3, -0.25) is 0 Å². The molecule has 1 saturated carbocycles. The lowest BCUT2D eigenvalue weighted by Gasteiger charge is -2.39. The minimum atomic E-state index is -1.23. The summed E-state index contributed by atoms with van der Waals surface area (Å²) in [5.41, 5.74) is 1.12. The molecule has 1 aromatic carbocycles. The number of benzene rings is 1. The number of halogens is 2. The van der Waals surface area contributed by atoms with Gasteiger partial charge in [0.25, 0.3) is 0 Å². The Hall–Kier alpha value is -3.68. The van der Waals surface area contributed by atoms with Gasteiger partial charge in [-0.1, -0.05) is 26.1 Å². The third-order valence-electron chi connectivity index (χ3n) is 7.49. The Morgan fingerprint density at radius 2 is 1.90 bits per heavy atom. The molecule has 0 saturated heterocycles. The molecule has 0 radical (unpaired) electrons. The quantitative estimate of drug-likeness (QED) is 0.151. The van der Waals surface area contributed by atoms with E-state index in [1.54, 1.807) is 30.1 Å². The zero-order valence-electron chi connectivity index (χ0n) is 24.4. The Morgan fingerprint density at radius 1 is 1.10 bits per heavy atom. The summed E-state index contributed by atoms with van der Waals surface area (Å²) in [6, 6.07) is 8.97. The number of ether oxygens (including phenoxy) is 2. The van der Waals surface area contributed by atoms with Gasteiger partial charge in [-0.2, -0.15) is 9.37 Å². The minimum Gasteiger partial charge on any atom is -0.477 e. The Bertz CT molecular complexity index is 1510. The third kappa shape index (κ3) is 7.02. The Kier molecular flexibility index (Phi) is 8.71. The van der Waals surface area contributed by atoms with E-state index >= 15 is 4.39 Å². The molecular weight excluding hydrogens is 560 g/mol. The van der Waals surface area contributed by atoms with Crippen LogP contribution in [0.5, 0.6) is 5.88 Å². The normalized spacial score (nSPS) is 14.5. The first-order valence-corrected chi connectivity index (χ1v) is 17.7. The SMILES string of the molecule is Cn1nc(-c2ccc(OCC3(CO)CCC3)nc2)nc1Nc1ccc(-c2cn(COCC[Si](C)(C)C)nc2F)c(F)c1. The van der Waals surface area contributed by atoms with Gasteiger partial charge in [0.1, 0.15) is 12.5 Å². The van der Waals surface area contributed by atoms with Crippen molar-refractivity contribution in [2.24, 2.45) is 12.5 Å². The second-order valence-corrected chi connectivity index (χ2v) is 17.7. The van der Waals surface area contributed by atoms with Crippen LogP contribution in [0.1, 0.15) is 19.3 Å². The molecule has 4 aromatic rings. The van der Waals surface area contributed by atoms with E-state index in [9.17, 15) is 9.50 Å². The van der Waals surface area contributed by atoms with Crippen LogP contribution in [-0.4, -0.2) is 62.5 Å². The number of pyridine rings is 1. The largest absolute Gasteiger partial charge is 0.477 e. The minimum absolute atomic E-state index is 0.0629. The number of hydrogen-bond acceptors (Lipinski definition) is 8. The summed E-state index contributed by atoms with van der Waals surface area (Å²) in [5.74, 6) is -0.0716. The lowest BCUT2D eigenvalue weighted by atomic mass is 9.70.